The van der Waals surface area contributed by atoms with E-state index in [1.54, 1.807) is 0 Å². The Morgan fingerprint density at radius 1 is 0.568 bits per heavy atom. The van der Waals surface area contributed by atoms with Gasteiger partial charge in [-0.15, -0.1) is 0 Å². The number of aromatic amines is 1. The van der Waals surface area contributed by atoms with Gasteiger partial charge in [0.15, 0.2) is 0 Å². The third-order valence-electron chi connectivity index (χ3n) is 9.59. The standard InChI is InChI=1S/C37H39N7/c1-41-15-19-43(20-16-41)31-10-5-26(6-11-31)34-25-30-4-3-28(23-35(30)38-34)29-9-14-33-36(24-29)40-37(39-33)27-7-12-32(13-8-27)44-21-17-42(2)18-22-44/h3-14,23-24H,15-22,25H2,1-2H3,(H,39,40). The number of H-pyrrole nitrogens is 1. The van der Waals surface area contributed by atoms with Crippen LogP contribution < -0.4 is 9.80 Å². The number of fused-ring (bicyclic) bond motifs is 2. The number of aromatic nitrogens is 2. The Morgan fingerprint density at radius 2 is 1.11 bits per heavy atom. The van der Waals surface area contributed by atoms with Gasteiger partial charge in [-0.2, -0.15) is 0 Å². The van der Waals surface area contributed by atoms with Gasteiger partial charge in [0.05, 0.1) is 22.4 Å². The molecule has 1 N–H and O–H groups in total. The summed E-state index contributed by atoms with van der Waals surface area (Å²) in [7, 11) is 4.39. The van der Waals surface area contributed by atoms with Gasteiger partial charge < -0.3 is 24.6 Å². The third kappa shape index (κ3) is 5.27. The Bertz CT molecular complexity index is 1820. The van der Waals surface area contributed by atoms with Crippen LogP contribution >= 0.6 is 0 Å². The zero-order valence-electron chi connectivity index (χ0n) is 25.6. The van der Waals surface area contributed by atoms with E-state index in [0.717, 1.165) is 92.6 Å². The second-order valence-corrected chi connectivity index (χ2v) is 12.6. The molecule has 4 aromatic carbocycles. The summed E-state index contributed by atoms with van der Waals surface area (Å²) in [6, 6.07) is 31.0. The number of hydrogen-bond donors (Lipinski definition) is 1. The topological polar surface area (TPSA) is 54.0 Å². The molecule has 7 heteroatoms. The number of rotatable bonds is 5. The minimum atomic E-state index is 0.875. The average molecular weight is 582 g/mol. The summed E-state index contributed by atoms with van der Waals surface area (Å²) < 4.78 is 0. The molecule has 0 saturated carbocycles. The van der Waals surface area contributed by atoms with Crippen molar-refractivity contribution in [1.29, 1.82) is 0 Å². The van der Waals surface area contributed by atoms with E-state index in [1.807, 2.05) is 0 Å². The molecule has 0 aliphatic carbocycles. The number of likely N-dealkylation sites (N-methyl/N-ethyl adjacent to an activating group) is 2. The maximum atomic E-state index is 5.08. The van der Waals surface area contributed by atoms with E-state index in [4.69, 9.17) is 9.98 Å². The summed E-state index contributed by atoms with van der Waals surface area (Å²) in [5, 5.41) is 0. The van der Waals surface area contributed by atoms with Gasteiger partial charge in [-0.25, -0.2) is 4.98 Å². The number of benzene rings is 4. The number of anilines is 2. The first-order chi connectivity index (χ1) is 21.6. The highest BCUT2D eigenvalue weighted by molar-refractivity contribution is 6.07. The van der Waals surface area contributed by atoms with Crippen LogP contribution in [0.1, 0.15) is 11.1 Å². The largest absolute Gasteiger partial charge is 0.369 e. The van der Waals surface area contributed by atoms with E-state index in [0.29, 0.717) is 0 Å². The van der Waals surface area contributed by atoms with E-state index in [9.17, 15) is 0 Å². The first kappa shape index (κ1) is 27.1. The van der Waals surface area contributed by atoms with Crippen molar-refractivity contribution in [2.24, 2.45) is 4.99 Å². The smallest absolute Gasteiger partial charge is 0.138 e. The van der Waals surface area contributed by atoms with Crippen LogP contribution in [0.25, 0.3) is 33.5 Å². The highest BCUT2D eigenvalue weighted by atomic mass is 15.3. The Hall–Kier alpha value is -4.46. The molecule has 2 fully saturated rings. The molecule has 3 aliphatic heterocycles. The fourth-order valence-corrected chi connectivity index (χ4v) is 6.68. The first-order valence-electron chi connectivity index (χ1n) is 15.8. The van der Waals surface area contributed by atoms with Crippen molar-refractivity contribution in [3.05, 3.63) is 96.1 Å². The summed E-state index contributed by atoms with van der Waals surface area (Å²) in [5.41, 5.74) is 12.8. The molecule has 4 heterocycles. The van der Waals surface area contributed by atoms with Crippen molar-refractivity contribution in [2.45, 2.75) is 6.42 Å². The lowest BCUT2D eigenvalue weighted by molar-refractivity contribution is 0.313. The molecule has 1 aromatic heterocycles. The highest BCUT2D eigenvalue weighted by Gasteiger charge is 2.19. The van der Waals surface area contributed by atoms with Gasteiger partial charge in [0, 0.05) is 75.7 Å². The Balaban J connectivity index is 0.991. The Morgan fingerprint density at radius 3 is 1.75 bits per heavy atom. The molecule has 5 aromatic rings. The maximum absolute atomic E-state index is 5.08. The van der Waals surface area contributed by atoms with Gasteiger partial charge in [-0.1, -0.05) is 30.3 Å². The molecule has 2 saturated heterocycles. The molecule has 0 amide bonds. The van der Waals surface area contributed by atoms with Crippen LogP contribution in [-0.2, 0) is 6.42 Å². The lowest BCUT2D eigenvalue weighted by atomic mass is 10.00. The molecular weight excluding hydrogens is 542 g/mol. The third-order valence-corrected chi connectivity index (χ3v) is 9.59. The fraction of sp³-hybridized carbons (Fsp3) is 0.297. The molecule has 222 valence electrons. The van der Waals surface area contributed by atoms with Crippen molar-refractivity contribution in [3.63, 3.8) is 0 Å². The van der Waals surface area contributed by atoms with Gasteiger partial charge in [-0.05, 0) is 90.9 Å². The van der Waals surface area contributed by atoms with Crippen LogP contribution in [0.4, 0.5) is 17.1 Å². The molecule has 0 bridgehead atoms. The summed E-state index contributed by atoms with van der Waals surface area (Å²) in [6.07, 6.45) is 0.875. The van der Waals surface area contributed by atoms with Crippen LogP contribution in [0.3, 0.4) is 0 Å². The zero-order valence-corrected chi connectivity index (χ0v) is 25.6. The van der Waals surface area contributed by atoms with E-state index < -0.39 is 0 Å². The molecule has 3 aliphatic rings. The van der Waals surface area contributed by atoms with Gasteiger partial charge in [0.2, 0.25) is 0 Å². The van der Waals surface area contributed by atoms with E-state index in [1.165, 1.54) is 33.6 Å². The summed E-state index contributed by atoms with van der Waals surface area (Å²) in [5.74, 6) is 0.906. The first-order valence-corrected chi connectivity index (χ1v) is 15.8. The second kappa shape index (κ2) is 11.2. The van der Waals surface area contributed by atoms with Crippen LogP contribution in [0.5, 0.6) is 0 Å². The van der Waals surface area contributed by atoms with Crippen LogP contribution in [0, 0.1) is 0 Å². The predicted octanol–water partition coefficient (Wildman–Crippen LogP) is 6.08. The number of nitrogens with zero attached hydrogens (tertiary/aromatic N) is 6. The summed E-state index contributed by atoms with van der Waals surface area (Å²) in [4.78, 5) is 23.3. The van der Waals surface area contributed by atoms with Crippen LogP contribution in [-0.4, -0.2) is 91.9 Å². The minimum Gasteiger partial charge on any atom is -0.369 e. The number of hydrogen-bond acceptors (Lipinski definition) is 6. The highest BCUT2D eigenvalue weighted by Crippen LogP contribution is 2.35. The maximum Gasteiger partial charge on any atom is 0.138 e. The van der Waals surface area contributed by atoms with Gasteiger partial charge in [-0.3, -0.25) is 4.99 Å². The van der Waals surface area contributed by atoms with Crippen molar-refractivity contribution in [1.82, 2.24) is 19.8 Å². The molecule has 0 atom stereocenters. The predicted molar refractivity (Wildman–Crippen MR) is 183 cm³/mol. The van der Waals surface area contributed by atoms with Crippen molar-refractivity contribution >= 4 is 33.8 Å². The number of piperazine rings is 2. The van der Waals surface area contributed by atoms with Crippen molar-refractivity contribution in [3.8, 4) is 22.5 Å². The van der Waals surface area contributed by atoms with Gasteiger partial charge in [0.25, 0.3) is 0 Å². The number of imidazole rings is 1. The zero-order chi connectivity index (χ0) is 29.6. The van der Waals surface area contributed by atoms with E-state index in [-0.39, 0.29) is 0 Å². The fourth-order valence-electron chi connectivity index (χ4n) is 6.68. The quantitative estimate of drug-likeness (QED) is 0.273. The molecule has 0 unspecified atom stereocenters. The van der Waals surface area contributed by atoms with Crippen molar-refractivity contribution < 1.29 is 0 Å². The average Bonchev–Trinajstić information content (AvgIpc) is 3.70. The Labute approximate surface area is 259 Å². The lowest BCUT2D eigenvalue weighted by Gasteiger charge is -2.34. The van der Waals surface area contributed by atoms with Crippen molar-refractivity contribution in [2.75, 3.05) is 76.3 Å². The van der Waals surface area contributed by atoms with E-state index >= 15 is 0 Å². The lowest BCUT2D eigenvalue weighted by Crippen LogP contribution is -2.44. The normalized spacial score (nSPS) is 17.7. The second-order valence-electron chi connectivity index (χ2n) is 12.6. The van der Waals surface area contributed by atoms with E-state index in [2.05, 4.69) is 124 Å². The van der Waals surface area contributed by atoms with Crippen LogP contribution in [0.15, 0.2) is 89.9 Å². The molecule has 7 nitrogen and oxygen atoms in total. The summed E-state index contributed by atoms with van der Waals surface area (Å²) >= 11 is 0. The molecule has 0 radical (unpaired) electrons. The number of aliphatic imine (C=N–C) groups is 1. The summed E-state index contributed by atoms with van der Waals surface area (Å²) in [6.45, 7) is 8.76. The molecule has 0 spiro atoms. The molecular formula is C37H39N7. The molecule has 44 heavy (non-hydrogen) atoms. The Kier molecular flexibility index (Phi) is 6.92. The van der Waals surface area contributed by atoms with Gasteiger partial charge >= 0.3 is 0 Å². The monoisotopic (exact) mass is 581 g/mol. The minimum absolute atomic E-state index is 0.875. The number of nitrogens with one attached hydrogen (secondary N) is 1. The van der Waals surface area contributed by atoms with Crippen LogP contribution in [0.2, 0.25) is 0 Å². The van der Waals surface area contributed by atoms with Gasteiger partial charge in [0.1, 0.15) is 5.82 Å². The SMILES string of the molecule is CN1CCN(c2ccc(C3=Nc4cc(-c5ccc6nc(-c7ccc(N8CCN(C)CC8)cc7)[nH]c6c5)ccc4C3)cc2)CC1. The molecule has 8 rings (SSSR count).